The third-order valence-electron chi connectivity index (χ3n) is 3.66. The van der Waals surface area contributed by atoms with E-state index in [9.17, 15) is 13.2 Å². The molecule has 1 aromatic rings. The van der Waals surface area contributed by atoms with E-state index in [1.54, 1.807) is 4.90 Å². The summed E-state index contributed by atoms with van der Waals surface area (Å²) >= 11 is 0. The molecule has 1 amide bonds. The highest BCUT2D eigenvalue weighted by Crippen LogP contribution is 2.26. The highest BCUT2D eigenvalue weighted by Gasteiger charge is 2.27. The molecule has 0 spiro atoms. The summed E-state index contributed by atoms with van der Waals surface area (Å²) in [6.07, 6.45) is 4.92. The van der Waals surface area contributed by atoms with Crippen LogP contribution in [0.2, 0.25) is 0 Å². The van der Waals surface area contributed by atoms with Gasteiger partial charge in [0.15, 0.2) is 0 Å². The van der Waals surface area contributed by atoms with Crippen LogP contribution in [0.3, 0.4) is 0 Å². The lowest BCUT2D eigenvalue weighted by Gasteiger charge is -2.32. The minimum absolute atomic E-state index is 0.175. The Morgan fingerprint density at radius 1 is 1.52 bits per heavy atom. The topological polar surface area (TPSA) is 84.3 Å². The Morgan fingerprint density at radius 3 is 2.81 bits per heavy atom. The Labute approximate surface area is 125 Å². The van der Waals surface area contributed by atoms with Crippen LogP contribution in [0.15, 0.2) is 6.20 Å². The zero-order valence-electron chi connectivity index (χ0n) is 12.7. The quantitative estimate of drug-likeness (QED) is 0.847. The summed E-state index contributed by atoms with van der Waals surface area (Å²) in [6, 6.07) is 0. The molecule has 0 saturated carbocycles. The molecule has 1 aliphatic heterocycles. The number of piperidine rings is 1. The lowest BCUT2D eigenvalue weighted by atomic mass is 9.97. The monoisotopic (exact) mass is 314 g/mol. The molecule has 0 radical (unpaired) electrons. The van der Waals surface area contributed by atoms with Gasteiger partial charge in [-0.15, -0.1) is 0 Å². The SMILES string of the molecule is Cc1cn(C)c([C@@H]2CCCN(C(=O)CNS(C)(=O)=O)C2)n1. The molecule has 0 unspecified atom stereocenters. The Balaban J connectivity index is 2.00. The maximum Gasteiger partial charge on any atom is 0.237 e. The van der Waals surface area contributed by atoms with Gasteiger partial charge in [0, 0.05) is 32.3 Å². The summed E-state index contributed by atoms with van der Waals surface area (Å²) in [5, 5.41) is 0. The summed E-state index contributed by atoms with van der Waals surface area (Å²) < 4.78 is 26.4. The van der Waals surface area contributed by atoms with Gasteiger partial charge < -0.3 is 9.47 Å². The predicted octanol–water partition coefficient (Wildman–Crippen LogP) is -0.0163. The summed E-state index contributed by atoms with van der Waals surface area (Å²) in [4.78, 5) is 18.3. The van der Waals surface area contributed by atoms with Crippen LogP contribution in [0.25, 0.3) is 0 Å². The van der Waals surface area contributed by atoms with E-state index >= 15 is 0 Å². The molecule has 2 heterocycles. The van der Waals surface area contributed by atoms with E-state index in [1.807, 2.05) is 24.7 Å². The fourth-order valence-electron chi connectivity index (χ4n) is 2.73. The van der Waals surface area contributed by atoms with Gasteiger partial charge in [-0.25, -0.2) is 18.1 Å². The molecule has 118 valence electrons. The van der Waals surface area contributed by atoms with Crippen LogP contribution < -0.4 is 4.72 Å². The number of carbonyl (C=O) groups excluding carboxylic acids is 1. The minimum Gasteiger partial charge on any atom is -0.341 e. The van der Waals surface area contributed by atoms with Crippen molar-refractivity contribution < 1.29 is 13.2 Å². The highest BCUT2D eigenvalue weighted by molar-refractivity contribution is 7.88. The van der Waals surface area contributed by atoms with Gasteiger partial charge in [-0.2, -0.15) is 0 Å². The summed E-state index contributed by atoms with van der Waals surface area (Å²) in [6.45, 7) is 3.04. The zero-order valence-corrected chi connectivity index (χ0v) is 13.5. The van der Waals surface area contributed by atoms with E-state index in [1.165, 1.54) is 0 Å². The number of likely N-dealkylation sites (tertiary alicyclic amines) is 1. The number of carbonyl (C=O) groups is 1. The van der Waals surface area contributed by atoms with Gasteiger partial charge in [0.2, 0.25) is 15.9 Å². The molecule has 1 aromatic heterocycles. The second-order valence-electron chi connectivity index (χ2n) is 5.62. The number of amides is 1. The molecule has 21 heavy (non-hydrogen) atoms. The highest BCUT2D eigenvalue weighted by atomic mass is 32.2. The molecule has 0 aromatic carbocycles. The second kappa shape index (κ2) is 6.15. The van der Waals surface area contributed by atoms with Gasteiger partial charge in [-0.05, 0) is 19.8 Å². The van der Waals surface area contributed by atoms with Gasteiger partial charge >= 0.3 is 0 Å². The van der Waals surface area contributed by atoms with E-state index in [0.29, 0.717) is 13.1 Å². The molecule has 8 heteroatoms. The van der Waals surface area contributed by atoms with E-state index in [-0.39, 0.29) is 18.4 Å². The van der Waals surface area contributed by atoms with Crippen molar-refractivity contribution >= 4 is 15.9 Å². The Bertz CT molecular complexity index is 623. The Hall–Kier alpha value is -1.41. The van der Waals surface area contributed by atoms with Crippen molar-refractivity contribution in [2.45, 2.75) is 25.7 Å². The van der Waals surface area contributed by atoms with Gasteiger partial charge in [-0.3, -0.25) is 4.79 Å². The van der Waals surface area contributed by atoms with Crippen molar-refractivity contribution in [1.82, 2.24) is 19.2 Å². The standard InChI is InChI=1S/C13H22N4O3S/c1-10-8-16(2)13(15-10)11-5-4-6-17(9-11)12(18)7-14-21(3,19)20/h8,11,14H,4-7,9H2,1-3H3/t11-/m1/s1. The van der Waals surface area contributed by atoms with Crippen LogP contribution in [-0.2, 0) is 21.9 Å². The fraction of sp³-hybridized carbons (Fsp3) is 0.692. The van der Waals surface area contributed by atoms with Crippen molar-refractivity contribution in [3.8, 4) is 0 Å². The third kappa shape index (κ3) is 4.28. The molecule has 1 N–H and O–H groups in total. The molecule has 2 rings (SSSR count). The maximum absolute atomic E-state index is 12.1. The van der Waals surface area contributed by atoms with E-state index in [0.717, 1.165) is 30.6 Å². The van der Waals surface area contributed by atoms with Crippen molar-refractivity contribution in [3.63, 3.8) is 0 Å². The molecule has 7 nitrogen and oxygen atoms in total. The number of imidazole rings is 1. The molecule has 1 saturated heterocycles. The molecular formula is C13H22N4O3S. The fourth-order valence-corrected chi connectivity index (χ4v) is 3.12. The first-order valence-corrected chi connectivity index (χ1v) is 8.87. The van der Waals surface area contributed by atoms with E-state index in [2.05, 4.69) is 9.71 Å². The number of nitrogens with zero attached hydrogens (tertiary/aromatic N) is 3. The van der Waals surface area contributed by atoms with E-state index < -0.39 is 10.0 Å². The van der Waals surface area contributed by atoms with Crippen molar-refractivity contribution in [1.29, 1.82) is 0 Å². The molecule has 0 aliphatic carbocycles. The molecule has 0 bridgehead atoms. The van der Waals surface area contributed by atoms with E-state index in [4.69, 9.17) is 0 Å². The van der Waals surface area contributed by atoms with Crippen LogP contribution in [0.1, 0.15) is 30.3 Å². The molecule has 1 atom stereocenters. The molecule has 1 aliphatic rings. The lowest BCUT2D eigenvalue weighted by Crippen LogP contribution is -2.44. The minimum atomic E-state index is -3.34. The average Bonchev–Trinajstić information content (AvgIpc) is 2.74. The summed E-state index contributed by atoms with van der Waals surface area (Å²) in [5.74, 6) is 1.01. The number of sulfonamides is 1. The Kier molecular flexibility index (Phi) is 4.67. The van der Waals surface area contributed by atoms with Gasteiger partial charge in [0.05, 0.1) is 18.5 Å². The van der Waals surface area contributed by atoms with Crippen LogP contribution in [0, 0.1) is 6.92 Å². The second-order valence-corrected chi connectivity index (χ2v) is 7.46. The van der Waals surface area contributed by atoms with Crippen LogP contribution in [-0.4, -0.2) is 54.7 Å². The largest absolute Gasteiger partial charge is 0.341 e. The van der Waals surface area contributed by atoms with Crippen molar-refractivity contribution in [2.75, 3.05) is 25.9 Å². The molecule has 1 fully saturated rings. The first kappa shape index (κ1) is 16.0. The van der Waals surface area contributed by atoms with Crippen LogP contribution >= 0.6 is 0 Å². The normalized spacial score (nSPS) is 19.8. The summed E-state index contributed by atoms with van der Waals surface area (Å²) in [7, 11) is -1.38. The van der Waals surface area contributed by atoms with Crippen molar-refractivity contribution in [3.05, 3.63) is 17.7 Å². The smallest absolute Gasteiger partial charge is 0.237 e. The van der Waals surface area contributed by atoms with Gasteiger partial charge in [0.1, 0.15) is 5.82 Å². The zero-order chi connectivity index (χ0) is 15.6. The maximum atomic E-state index is 12.1. The number of aryl methyl sites for hydroxylation is 2. The number of nitrogens with one attached hydrogen (secondary N) is 1. The number of hydrogen-bond acceptors (Lipinski definition) is 4. The van der Waals surface area contributed by atoms with Gasteiger partial charge in [0.25, 0.3) is 0 Å². The van der Waals surface area contributed by atoms with Crippen LogP contribution in [0.5, 0.6) is 0 Å². The first-order valence-electron chi connectivity index (χ1n) is 6.98. The van der Waals surface area contributed by atoms with Gasteiger partial charge in [-0.1, -0.05) is 0 Å². The first-order chi connectivity index (χ1) is 9.76. The van der Waals surface area contributed by atoms with Crippen LogP contribution in [0.4, 0.5) is 0 Å². The number of aromatic nitrogens is 2. The third-order valence-corrected chi connectivity index (χ3v) is 4.33. The summed E-state index contributed by atoms with van der Waals surface area (Å²) in [5.41, 5.74) is 0.967. The van der Waals surface area contributed by atoms with Crippen molar-refractivity contribution in [2.24, 2.45) is 7.05 Å². The predicted molar refractivity (Wildman–Crippen MR) is 79.3 cm³/mol. The average molecular weight is 314 g/mol. The Morgan fingerprint density at radius 2 is 2.24 bits per heavy atom. The number of hydrogen-bond donors (Lipinski definition) is 1. The lowest BCUT2D eigenvalue weighted by molar-refractivity contribution is -0.131. The molecular weight excluding hydrogens is 292 g/mol. The number of rotatable bonds is 4.